The summed E-state index contributed by atoms with van der Waals surface area (Å²) in [7, 11) is -3.47. The van der Waals surface area contributed by atoms with Crippen LogP contribution in [0.2, 0.25) is 0 Å². The molecule has 2 aliphatic rings. The number of carbonyl (C=O) groups excluding carboxylic acids is 1. The lowest BCUT2D eigenvalue weighted by atomic mass is 10.0. The zero-order valence-corrected chi connectivity index (χ0v) is 15.5. The number of aliphatic carboxylic acids is 1. The number of sulfonamides is 1. The number of carboxylic acid groups (broad SMARTS) is 1. The van der Waals surface area contributed by atoms with Crippen LogP contribution in [0.5, 0.6) is 0 Å². The number of hydrogen-bond acceptors (Lipinski definition) is 5. The smallest absolute Gasteiger partial charge is 0.326 e. The third-order valence-corrected chi connectivity index (χ3v) is 8.18. The van der Waals surface area contributed by atoms with Gasteiger partial charge in [-0.1, -0.05) is 0 Å². The fourth-order valence-corrected chi connectivity index (χ4v) is 6.40. The van der Waals surface area contributed by atoms with E-state index in [1.54, 1.807) is 12.1 Å². The van der Waals surface area contributed by atoms with Gasteiger partial charge in [0.05, 0.1) is 6.42 Å². The van der Waals surface area contributed by atoms with E-state index in [2.05, 4.69) is 0 Å². The lowest BCUT2D eigenvalue weighted by Crippen LogP contribution is -2.48. The molecule has 1 aromatic rings. The minimum absolute atomic E-state index is 0.0456. The lowest BCUT2D eigenvalue weighted by Gasteiger charge is -2.32. The number of carboxylic acids is 1. The van der Waals surface area contributed by atoms with Crippen LogP contribution in [0.1, 0.15) is 37.0 Å². The fourth-order valence-electron chi connectivity index (χ4n) is 3.39. The molecular formula is C16H22N2O5S2. The molecule has 1 aromatic heterocycles. The minimum atomic E-state index is -3.47. The first-order valence-electron chi connectivity index (χ1n) is 8.51. The Bertz CT molecular complexity index is 752. The SMILES string of the molecule is O=C(O)C1CCCCN1C(=O)Cc1ccc(S(=O)(=O)N2CCCC2)s1. The van der Waals surface area contributed by atoms with Crippen LogP contribution < -0.4 is 0 Å². The maximum Gasteiger partial charge on any atom is 0.326 e. The van der Waals surface area contributed by atoms with E-state index in [1.807, 2.05) is 0 Å². The van der Waals surface area contributed by atoms with E-state index in [9.17, 15) is 23.1 Å². The van der Waals surface area contributed by atoms with Gasteiger partial charge in [-0.3, -0.25) is 4.79 Å². The zero-order valence-electron chi connectivity index (χ0n) is 13.9. The Morgan fingerprint density at radius 2 is 1.80 bits per heavy atom. The van der Waals surface area contributed by atoms with Crippen molar-refractivity contribution in [2.45, 2.75) is 48.8 Å². The van der Waals surface area contributed by atoms with Crippen LogP contribution in [0.3, 0.4) is 0 Å². The Morgan fingerprint density at radius 3 is 2.48 bits per heavy atom. The van der Waals surface area contributed by atoms with Gasteiger partial charge in [-0.05, 0) is 44.2 Å². The van der Waals surface area contributed by atoms with Gasteiger partial charge in [0.1, 0.15) is 10.3 Å². The number of likely N-dealkylation sites (tertiary alicyclic amines) is 1. The van der Waals surface area contributed by atoms with Crippen LogP contribution in [0, 0.1) is 0 Å². The van der Waals surface area contributed by atoms with E-state index < -0.39 is 22.0 Å². The first-order valence-corrected chi connectivity index (χ1v) is 10.8. The van der Waals surface area contributed by atoms with Crippen molar-refractivity contribution in [3.63, 3.8) is 0 Å². The van der Waals surface area contributed by atoms with E-state index >= 15 is 0 Å². The third-order valence-electron chi connectivity index (χ3n) is 4.73. The molecule has 9 heteroatoms. The van der Waals surface area contributed by atoms with Crippen molar-refractivity contribution in [3.8, 4) is 0 Å². The van der Waals surface area contributed by atoms with Gasteiger partial charge in [0.25, 0.3) is 10.0 Å². The highest BCUT2D eigenvalue weighted by Gasteiger charge is 2.33. The van der Waals surface area contributed by atoms with E-state index in [0.717, 1.165) is 37.0 Å². The Kier molecular flexibility index (Phi) is 5.45. The number of carbonyl (C=O) groups is 2. The summed E-state index contributed by atoms with van der Waals surface area (Å²) in [5.41, 5.74) is 0. The lowest BCUT2D eigenvalue weighted by molar-refractivity contribution is -0.151. The molecule has 138 valence electrons. The molecule has 1 atom stereocenters. The second kappa shape index (κ2) is 7.43. The summed E-state index contributed by atoms with van der Waals surface area (Å²) in [4.78, 5) is 25.9. The van der Waals surface area contributed by atoms with Crippen molar-refractivity contribution in [2.24, 2.45) is 0 Å². The van der Waals surface area contributed by atoms with Crippen LogP contribution >= 0.6 is 11.3 Å². The van der Waals surface area contributed by atoms with Gasteiger partial charge in [-0.2, -0.15) is 4.31 Å². The van der Waals surface area contributed by atoms with Gasteiger partial charge < -0.3 is 10.0 Å². The number of thiophene rings is 1. The molecule has 3 rings (SSSR count). The van der Waals surface area contributed by atoms with Gasteiger partial charge in [-0.15, -0.1) is 11.3 Å². The van der Waals surface area contributed by atoms with Crippen LogP contribution in [0.25, 0.3) is 0 Å². The normalized spacial score (nSPS) is 22.2. The number of piperidine rings is 1. The maximum absolute atomic E-state index is 12.5. The minimum Gasteiger partial charge on any atom is -0.480 e. The van der Waals surface area contributed by atoms with Crippen molar-refractivity contribution in [1.29, 1.82) is 0 Å². The van der Waals surface area contributed by atoms with Crippen molar-refractivity contribution in [1.82, 2.24) is 9.21 Å². The molecule has 25 heavy (non-hydrogen) atoms. The molecule has 3 heterocycles. The van der Waals surface area contributed by atoms with Crippen molar-refractivity contribution in [3.05, 3.63) is 17.0 Å². The highest BCUT2D eigenvalue weighted by molar-refractivity contribution is 7.91. The molecule has 0 aromatic carbocycles. The number of hydrogen-bond donors (Lipinski definition) is 1. The highest BCUT2D eigenvalue weighted by Crippen LogP contribution is 2.28. The summed E-state index contributed by atoms with van der Waals surface area (Å²) in [5, 5.41) is 9.28. The summed E-state index contributed by atoms with van der Waals surface area (Å²) in [5.74, 6) is -1.23. The largest absolute Gasteiger partial charge is 0.480 e. The molecule has 0 radical (unpaired) electrons. The Hall–Kier alpha value is -1.45. The number of nitrogens with zero attached hydrogens (tertiary/aromatic N) is 2. The summed E-state index contributed by atoms with van der Waals surface area (Å²) >= 11 is 1.10. The molecule has 1 N–H and O–H groups in total. The van der Waals surface area contributed by atoms with E-state index in [4.69, 9.17) is 0 Å². The highest BCUT2D eigenvalue weighted by atomic mass is 32.2. The zero-order chi connectivity index (χ0) is 18.0. The van der Waals surface area contributed by atoms with Crippen LogP contribution in [0.4, 0.5) is 0 Å². The van der Waals surface area contributed by atoms with Gasteiger partial charge in [0, 0.05) is 24.5 Å². The molecule has 0 saturated carbocycles. The third kappa shape index (κ3) is 3.88. The van der Waals surface area contributed by atoms with Crippen LogP contribution in [0.15, 0.2) is 16.3 Å². The molecule has 0 bridgehead atoms. The average molecular weight is 386 g/mol. The quantitative estimate of drug-likeness (QED) is 0.828. The van der Waals surface area contributed by atoms with Gasteiger partial charge >= 0.3 is 5.97 Å². The average Bonchev–Trinajstić information content (AvgIpc) is 3.27. The van der Waals surface area contributed by atoms with E-state index in [1.165, 1.54) is 9.21 Å². The van der Waals surface area contributed by atoms with Gasteiger partial charge in [0.2, 0.25) is 5.91 Å². The second-order valence-electron chi connectivity index (χ2n) is 6.45. The fraction of sp³-hybridized carbons (Fsp3) is 0.625. The predicted octanol–water partition coefficient (Wildman–Crippen LogP) is 1.54. The second-order valence-corrected chi connectivity index (χ2v) is 9.78. The standard InChI is InChI=1S/C16H22N2O5S2/c19-14(18-10-2-1-5-13(18)16(20)21)11-12-6-7-15(24-12)25(22,23)17-8-3-4-9-17/h6-7,13H,1-5,8-11H2,(H,20,21). The van der Waals surface area contributed by atoms with Crippen molar-refractivity contribution >= 4 is 33.2 Å². The number of rotatable bonds is 5. The topological polar surface area (TPSA) is 95.0 Å². The molecule has 2 aliphatic heterocycles. The summed E-state index contributed by atoms with van der Waals surface area (Å²) in [6, 6.07) is 2.44. The first kappa shape index (κ1) is 18.3. The van der Waals surface area contributed by atoms with Crippen LogP contribution in [-0.4, -0.2) is 60.3 Å². The maximum atomic E-state index is 12.5. The molecular weight excluding hydrogens is 364 g/mol. The Morgan fingerprint density at radius 1 is 1.12 bits per heavy atom. The monoisotopic (exact) mass is 386 g/mol. The molecule has 1 amide bonds. The summed E-state index contributed by atoms with van der Waals surface area (Å²) in [6.07, 6.45) is 3.87. The molecule has 0 spiro atoms. The Labute approximate surface area is 151 Å². The van der Waals surface area contributed by atoms with Crippen molar-refractivity contribution in [2.75, 3.05) is 19.6 Å². The summed E-state index contributed by atoms with van der Waals surface area (Å²) < 4.78 is 26.8. The predicted molar refractivity (Wildman–Crippen MR) is 93.0 cm³/mol. The van der Waals surface area contributed by atoms with Gasteiger partial charge in [0.15, 0.2) is 0 Å². The molecule has 1 unspecified atom stereocenters. The molecule has 2 fully saturated rings. The van der Waals surface area contributed by atoms with E-state index in [-0.39, 0.29) is 16.5 Å². The van der Waals surface area contributed by atoms with Crippen molar-refractivity contribution < 1.29 is 23.1 Å². The molecule has 7 nitrogen and oxygen atoms in total. The van der Waals surface area contributed by atoms with E-state index in [0.29, 0.717) is 30.9 Å². The number of amides is 1. The molecule has 2 saturated heterocycles. The first-order chi connectivity index (χ1) is 11.9. The summed E-state index contributed by atoms with van der Waals surface area (Å²) in [6.45, 7) is 1.53. The van der Waals surface area contributed by atoms with Crippen LogP contribution in [-0.2, 0) is 26.0 Å². The van der Waals surface area contributed by atoms with Gasteiger partial charge in [-0.25, -0.2) is 13.2 Å². The Balaban J connectivity index is 1.70. The molecule has 0 aliphatic carbocycles.